The monoisotopic (exact) mass is 478 g/mol. The van der Waals surface area contributed by atoms with Crippen molar-refractivity contribution < 1.29 is 28.7 Å². The minimum Gasteiger partial charge on any atom is -0.445 e. The van der Waals surface area contributed by atoms with Gasteiger partial charge in [0.15, 0.2) is 0 Å². The number of hydrogen-bond donors (Lipinski definition) is 2. The van der Waals surface area contributed by atoms with Crippen molar-refractivity contribution in [1.82, 2.24) is 20.7 Å². The van der Waals surface area contributed by atoms with Crippen LogP contribution in [0.25, 0.3) is 0 Å². The molecule has 4 amide bonds. The van der Waals surface area contributed by atoms with Crippen LogP contribution in [0.5, 0.6) is 0 Å². The molecule has 3 atom stereocenters. The number of nitrogens with zero attached hydrogens (tertiary/aromatic N) is 2. The van der Waals surface area contributed by atoms with E-state index in [0.29, 0.717) is 6.42 Å². The Labute approximate surface area is 201 Å². The molecule has 0 aromatic heterocycles. The summed E-state index contributed by atoms with van der Waals surface area (Å²) < 4.78 is 10.5. The van der Waals surface area contributed by atoms with Crippen molar-refractivity contribution in [1.29, 1.82) is 0 Å². The lowest BCUT2D eigenvalue weighted by Crippen LogP contribution is -2.57. The van der Waals surface area contributed by atoms with Crippen LogP contribution in [0.2, 0.25) is 0 Å². The number of amides is 4. The highest BCUT2D eigenvalue weighted by atomic mass is 16.6. The molecule has 1 aromatic rings. The summed E-state index contributed by atoms with van der Waals surface area (Å²) in [6, 6.07) is 7.46. The number of ether oxygens (including phenoxy) is 2. The molecule has 10 heteroatoms. The van der Waals surface area contributed by atoms with Crippen molar-refractivity contribution in [2.24, 2.45) is 5.92 Å². The van der Waals surface area contributed by atoms with Crippen molar-refractivity contribution in [3.8, 4) is 0 Å². The largest absolute Gasteiger partial charge is 0.445 e. The van der Waals surface area contributed by atoms with Gasteiger partial charge in [-0.2, -0.15) is 0 Å². The van der Waals surface area contributed by atoms with E-state index in [-0.39, 0.29) is 12.5 Å². The third-order valence-electron chi connectivity index (χ3n) is 5.34. The Morgan fingerprint density at radius 2 is 1.56 bits per heavy atom. The summed E-state index contributed by atoms with van der Waals surface area (Å²) in [5.41, 5.74) is 4.52. The summed E-state index contributed by atoms with van der Waals surface area (Å²) >= 11 is 0. The Morgan fingerprint density at radius 3 is 2.09 bits per heavy atom. The van der Waals surface area contributed by atoms with Gasteiger partial charge in [0.2, 0.25) is 5.91 Å². The number of likely N-dealkylation sites (N-methyl/N-ethyl adjacent to an activating group) is 2. The highest BCUT2D eigenvalue weighted by Gasteiger charge is 2.36. The molecule has 190 valence electrons. The average molecular weight is 479 g/mol. The number of carbonyl (C=O) groups excluding carboxylic acids is 4. The van der Waals surface area contributed by atoms with Crippen LogP contribution in [-0.4, -0.2) is 65.6 Å². The molecule has 10 nitrogen and oxygen atoms in total. The molecule has 0 aliphatic rings. The van der Waals surface area contributed by atoms with Crippen LogP contribution < -0.4 is 10.9 Å². The number of rotatable bonds is 8. The minimum absolute atomic E-state index is 0.0798. The number of nitrogens with one attached hydrogen (secondary N) is 2. The molecule has 2 N–H and O–H groups in total. The summed E-state index contributed by atoms with van der Waals surface area (Å²) in [6.07, 6.45) is -0.832. The fourth-order valence-electron chi connectivity index (χ4n) is 3.04. The molecule has 1 rings (SSSR count). The first-order valence-electron chi connectivity index (χ1n) is 11.3. The van der Waals surface area contributed by atoms with E-state index in [1.165, 1.54) is 30.8 Å². The Morgan fingerprint density at radius 1 is 0.971 bits per heavy atom. The predicted octanol–water partition coefficient (Wildman–Crippen LogP) is 3.07. The lowest BCUT2D eigenvalue weighted by atomic mass is 9.96. The molecular weight excluding hydrogens is 440 g/mol. The van der Waals surface area contributed by atoms with Gasteiger partial charge >= 0.3 is 12.2 Å². The maximum atomic E-state index is 13.3. The maximum Gasteiger partial charge on any atom is 0.426 e. The van der Waals surface area contributed by atoms with E-state index in [0.717, 1.165) is 5.56 Å². The highest BCUT2D eigenvalue weighted by molar-refractivity contribution is 5.91. The van der Waals surface area contributed by atoms with Crippen LogP contribution in [-0.2, 0) is 25.7 Å². The Hall–Kier alpha value is -3.30. The SMILES string of the molecule is CCC(C)[C@@H](C(=O)N(C)[C@@H](C)C(=O)NNC(=O)OC(C)(C)C)N(C)C(=O)OCc1ccccc1. The van der Waals surface area contributed by atoms with Crippen LogP contribution >= 0.6 is 0 Å². The quantitative estimate of drug-likeness (QED) is 0.555. The number of benzene rings is 1. The van der Waals surface area contributed by atoms with Gasteiger partial charge in [0.05, 0.1) is 0 Å². The molecule has 0 saturated carbocycles. The van der Waals surface area contributed by atoms with Crippen LogP contribution in [0.3, 0.4) is 0 Å². The molecule has 0 saturated heterocycles. The molecule has 0 aliphatic carbocycles. The second-order valence-corrected chi connectivity index (χ2v) is 9.22. The van der Waals surface area contributed by atoms with Crippen LogP contribution in [0, 0.1) is 5.92 Å². The Kier molecular flexibility index (Phi) is 10.8. The van der Waals surface area contributed by atoms with E-state index in [1.54, 1.807) is 20.8 Å². The zero-order valence-electron chi connectivity index (χ0n) is 21.4. The third kappa shape index (κ3) is 8.92. The Balaban J connectivity index is 2.82. The molecule has 0 fully saturated rings. The first kappa shape index (κ1) is 28.7. The molecule has 0 heterocycles. The number of hydrazine groups is 1. The fourth-order valence-corrected chi connectivity index (χ4v) is 3.04. The van der Waals surface area contributed by atoms with Crippen molar-refractivity contribution in [2.75, 3.05) is 14.1 Å². The van der Waals surface area contributed by atoms with Gasteiger partial charge in [-0.15, -0.1) is 0 Å². The lowest BCUT2D eigenvalue weighted by molar-refractivity contribution is -0.143. The van der Waals surface area contributed by atoms with Crippen molar-refractivity contribution >= 4 is 24.0 Å². The second-order valence-electron chi connectivity index (χ2n) is 9.22. The summed E-state index contributed by atoms with van der Waals surface area (Å²) in [7, 11) is 2.98. The smallest absolute Gasteiger partial charge is 0.426 e. The van der Waals surface area contributed by atoms with Crippen LogP contribution in [0.4, 0.5) is 9.59 Å². The lowest BCUT2D eigenvalue weighted by Gasteiger charge is -2.35. The van der Waals surface area contributed by atoms with Crippen LogP contribution in [0.1, 0.15) is 53.5 Å². The fraction of sp³-hybridized carbons (Fsp3) is 0.583. The van der Waals surface area contributed by atoms with E-state index in [9.17, 15) is 19.2 Å². The predicted molar refractivity (Wildman–Crippen MR) is 127 cm³/mol. The molecule has 0 spiro atoms. The second kappa shape index (κ2) is 12.8. The molecule has 0 bridgehead atoms. The third-order valence-corrected chi connectivity index (χ3v) is 5.34. The topological polar surface area (TPSA) is 117 Å². The van der Waals surface area contributed by atoms with Gasteiger partial charge in [-0.05, 0) is 39.2 Å². The molecule has 34 heavy (non-hydrogen) atoms. The molecule has 1 aromatic carbocycles. The first-order chi connectivity index (χ1) is 15.8. The number of carbonyl (C=O) groups is 4. The van der Waals surface area contributed by atoms with E-state index in [1.807, 2.05) is 44.2 Å². The van der Waals surface area contributed by atoms with Gasteiger partial charge in [0, 0.05) is 14.1 Å². The van der Waals surface area contributed by atoms with Gasteiger partial charge < -0.3 is 14.4 Å². The summed E-state index contributed by atoms with van der Waals surface area (Å²) in [4.78, 5) is 52.8. The van der Waals surface area contributed by atoms with Gasteiger partial charge in [0.1, 0.15) is 24.3 Å². The summed E-state index contributed by atoms with van der Waals surface area (Å²) in [6.45, 7) is 10.4. The van der Waals surface area contributed by atoms with Crippen LogP contribution in [0.15, 0.2) is 30.3 Å². The van der Waals surface area contributed by atoms with E-state index < -0.39 is 41.7 Å². The minimum atomic E-state index is -0.928. The zero-order chi connectivity index (χ0) is 26.1. The number of hydrogen-bond acceptors (Lipinski definition) is 6. The molecule has 0 radical (unpaired) electrons. The maximum absolute atomic E-state index is 13.3. The average Bonchev–Trinajstić information content (AvgIpc) is 2.79. The molecule has 0 aliphatic heterocycles. The molecule has 1 unspecified atom stereocenters. The van der Waals surface area contributed by atoms with Gasteiger partial charge in [0.25, 0.3) is 5.91 Å². The normalized spacial score (nSPS) is 13.6. The molecular formula is C24H38N4O6. The van der Waals surface area contributed by atoms with Crippen molar-refractivity contribution in [2.45, 2.75) is 72.3 Å². The Bertz CT molecular complexity index is 840. The highest BCUT2D eigenvalue weighted by Crippen LogP contribution is 2.18. The zero-order valence-corrected chi connectivity index (χ0v) is 21.4. The summed E-state index contributed by atoms with van der Waals surface area (Å²) in [5, 5.41) is 0. The van der Waals surface area contributed by atoms with Gasteiger partial charge in [-0.1, -0.05) is 50.6 Å². The van der Waals surface area contributed by atoms with Crippen molar-refractivity contribution in [3.05, 3.63) is 35.9 Å². The van der Waals surface area contributed by atoms with Gasteiger partial charge in [-0.25, -0.2) is 15.0 Å². The first-order valence-corrected chi connectivity index (χ1v) is 11.3. The van der Waals surface area contributed by atoms with Crippen molar-refractivity contribution in [3.63, 3.8) is 0 Å². The van der Waals surface area contributed by atoms with E-state index in [2.05, 4.69) is 10.9 Å². The van der Waals surface area contributed by atoms with E-state index in [4.69, 9.17) is 9.47 Å². The van der Waals surface area contributed by atoms with Gasteiger partial charge in [-0.3, -0.25) is 19.9 Å². The summed E-state index contributed by atoms with van der Waals surface area (Å²) in [5.74, 6) is -1.23. The standard InChI is InChI=1S/C24H38N4O6/c1-9-16(2)19(28(8)23(32)33-15-18-13-11-10-12-14-18)21(30)27(7)17(3)20(29)25-26-22(31)34-24(4,5)6/h10-14,16-17,19H,9,15H2,1-8H3,(H,25,29)(H,26,31)/t16?,17-,19-/m0/s1. The van der Waals surface area contributed by atoms with E-state index >= 15 is 0 Å².